The first-order valence-corrected chi connectivity index (χ1v) is 15.3. The fraction of sp³-hybridized carbons (Fsp3) is 0.152. The Balaban J connectivity index is 1.35. The van der Waals surface area contributed by atoms with E-state index in [1.165, 1.54) is 16.7 Å². The van der Waals surface area contributed by atoms with Crippen molar-refractivity contribution in [2.24, 2.45) is 10.2 Å². The van der Waals surface area contributed by atoms with Crippen molar-refractivity contribution in [2.45, 2.75) is 13.5 Å². The van der Waals surface area contributed by atoms with Crippen LogP contribution in [0.15, 0.2) is 109 Å². The maximum Gasteiger partial charge on any atom is 0.267 e. The Morgan fingerprint density at radius 1 is 1.09 bits per heavy atom. The number of rotatable bonds is 10. The lowest BCUT2D eigenvalue weighted by atomic mass is 10.2. The van der Waals surface area contributed by atoms with Crippen LogP contribution in [0.1, 0.15) is 22.5 Å². The average molecular weight is 673 g/mol. The highest BCUT2D eigenvalue weighted by Gasteiger charge is 2.34. The summed E-state index contributed by atoms with van der Waals surface area (Å²) in [5, 5.41) is 11.9. The van der Waals surface area contributed by atoms with Crippen LogP contribution in [0, 0.1) is 6.92 Å². The van der Waals surface area contributed by atoms with Crippen molar-refractivity contribution in [1.29, 1.82) is 0 Å². The number of amides is 2. The van der Waals surface area contributed by atoms with Crippen molar-refractivity contribution in [3.05, 3.63) is 117 Å². The van der Waals surface area contributed by atoms with Gasteiger partial charge in [0.25, 0.3) is 11.8 Å². The monoisotopic (exact) mass is 671 g/mol. The van der Waals surface area contributed by atoms with Crippen LogP contribution < -0.4 is 15.0 Å². The number of halogens is 1. The molecular weight excluding hydrogens is 642 g/mol. The Morgan fingerprint density at radius 3 is 2.57 bits per heavy atom. The van der Waals surface area contributed by atoms with E-state index in [2.05, 4.69) is 31.4 Å². The molecule has 0 unspecified atom stereocenters. The minimum atomic E-state index is -0.296. The number of aryl methyl sites for hydroxylation is 1. The standard InChI is InChI=1S/C33H30BrN5O4S/c1-22-6-11-26(12-7-22)36-31(40)21-43-29-15-10-25(34)17-24(29)18-30-32(41)39(20-28-5-4-16-42-28)33(44-30)37-35-19-23-8-13-27(14-9-23)38(2)3/h4-19H,20-21H2,1-3H3,(H,36,40)/b30-18-,35-19+,37-33-. The number of furan rings is 1. The second-order valence-electron chi connectivity index (χ2n) is 10.1. The number of hydrogen-bond acceptors (Lipinski definition) is 8. The predicted octanol–water partition coefficient (Wildman–Crippen LogP) is 6.94. The van der Waals surface area contributed by atoms with E-state index >= 15 is 0 Å². The van der Waals surface area contributed by atoms with Gasteiger partial charge in [0.1, 0.15) is 11.5 Å². The zero-order valence-electron chi connectivity index (χ0n) is 24.4. The van der Waals surface area contributed by atoms with E-state index in [1.54, 1.807) is 36.8 Å². The maximum atomic E-state index is 13.6. The van der Waals surface area contributed by atoms with E-state index in [0.717, 1.165) is 21.3 Å². The Bertz CT molecular complexity index is 1720. The first-order chi connectivity index (χ1) is 21.2. The van der Waals surface area contributed by atoms with Crippen LogP contribution in [0.2, 0.25) is 0 Å². The molecule has 1 fully saturated rings. The van der Waals surface area contributed by atoms with Gasteiger partial charge >= 0.3 is 0 Å². The van der Waals surface area contributed by atoms with Gasteiger partial charge in [-0.25, -0.2) is 0 Å². The number of carbonyl (C=O) groups is 2. The van der Waals surface area contributed by atoms with Crippen molar-refractivity contribution in [2.75, 3.05) is 30.9 Å². The maximum absolute atomic E-state index is 13.6. The second-order valence-corrected chi connectivity index (χ2v) is 12.0. The van der Waals surface area contributed by atoms with E-state index in [-0.39, 0.29) is 25.0 Å². The van der Waals surface area contributed by atoms with Gasteiger partial charge in [0, 0.05) is 35.5 Å². The summed E-state index contributed by atoms with van der Waals surface area (Å²) in [6, 6.07) is 24.4. The molecule has 1 aromatic heterocycles. The number of benzene rings is 3. The van der Waals surface area contributed by atoms with E-state index in [0.29, 0.717) is 32.8 Å². The summed E-state index contributed by atoms with van der Waals surface area (Å²) in [6.45, 7) is 1.98. The molecule has 3 aromatic carbocycles. The van der Waals surface area contributed by atoms with Gasteiger partial charge in [-0.05, 0) is 84.9 Å². The molecule has 1 saturated heterocycles. The van der Waals surface area contributed by atoms with Crippen molar-refractivity contribution >= 4 is 68.3 Å². The highest BCUT2D eigenvalue weighted by molar-refractivity contribution is 9.10. The third-order valence-electron chi connectivity index (χ3n) is 6.49. The lowest BCUT2D eigenvalue weighted by molar-refractivity contribution is -0.122. The zero-order chi connectivity index (χ0) is 31.1. The number of thioether (sulfide) groups is 1. The SMILES string of the molecule is Cc1ccc(NC(=O)COc2ccc(Br)cc2/C=C2\S/C(=N\N=C\c3ccc(N(C)C)cc3)N(Cc3ccco3)C2=O)cc1. The molecule has 1 N–H and O–H groups in total. The van der Waals surface area contributed by atoms with Crippen LogP contribution in [-0.2, 0) is 16.1 Å². The molecule has 11 heteroatoms. The topological polar surface area (TPSA) is 99.7 Å². The van der Waals surface area contributed by atoms with Gasteiger partial charge in [0.15, 0.2) is 11.8 Å². The molecule has 224 valence electrons. The van der Waals surface area contributed by atoms with Crippen LogP contribution in [0.25, 0.3) is 6.08 Å². The van der Waals surface area contributed by atoms with Crippen LogP contribution in [0.5, 0.6) is 5.75 Å². The number of nitrogens with one attached hydrogen (secondary N) is 1. The van der Waals surface area contributed by atoms with Crippen molar-refractivity contribution in [1.82, 2.24) is 4.90 Å². The third-order valence-corrected chi connectivity index (χ3v) is 7.98. The number of ether oxygens (including phenoxy) is 1. The Labute approximate surface area is 268 Å². The van der Waals surface area contributed by atoms with Crippen LogP contribution >= 0.6 is 27.7 Å². The summed E-state index contributed by atoms with van der Waals surface area (Å²) >= 11 is 4.70. The van der Waals surface area contributed by atoms with Gasteiger partial charge in [0.05, 0.1) is 23.9 Å². The molecule has 0 spiro atoms. The van der Waals surface area contributed by atoms with Gasteiger partial charge < -0.3 is 19.4 Å². The molecule has 0 radical (unpaired) electrons. The molecular formula is C33H30BrN5O4S. The predicted molar refractivity (Wildman–Crippen MR) is 180 cm³/mol. The fourth-order valence-corrected chi connectivity index (χ4v) is 5.47. The molecule has 2 heterocycles. The normalized spacial score (nSPS) is 15.0. The molecule has 0 saturated carbocycles. The van der Waals surface area contributed by atoms with Gasteiger partial charge in [-0.15, -0.1) is 5.10 Å². The quantitative estimate of drug-likeness (QED) is 0.111. The molecule has 5 rings (SSSR count). The summed E-state index contributed by atoms with van der Waals surface area (Å²) in [7, 11) is 3.96. The molecule has 9 nitrogen and oxygen atoms in total. The Kier molecular flexibility index (Phi) is 9.98. The van der Waals surface area contributed by atoms with Crippen molar-refractivity contribution in [3.63, 3.8) is 0 Å². The minimum absolute atomic E-state index is 0.198. The molecule has 2 amide bonds. The number of nitrogens with zero attached hydrogens (tertiary/aromatic N) is 4. The summed E-state index contributed by atoms with van der Waals surface area (Å²) in [5.41, 5.74) is 4.37. The molecule has 0 bridgehead atoms. The summed E-state index contributed by atoms with van der Waals surface area (Å²) < 4.78 is 12.2. The van der Waals surface area contributed by atoms with Crippen LogP contribution in [-0.4, -0.2) is 48.8 Å². The van der Waals surface area contributed by atoms with E-state index in [4.69, 9.17) is 9.15 Å². The van der Waals surface area contributed by atoms with Crippen LogP contribution in [0.4, 0.5) is 11.4 Å². The number of anilines is 2. The lowest BCUT2D eigenvalue weighted by Gasteiger charge is -2.13. The first-order valence-electron chi connectivity index (χ1n) is 13.7. The molecule has 0 atom stereocenters. The van der Waals surface area contributed by atoms with Crippen molar-refractivity contribution < 1.29 is 18.7 Å². The molecule has 1 aliphatic rings. The lowest BCUT2D eigenvalue weighted by Crippen LogP contribution is -2.28. The average Bonchev–Trinajstić information content (AvgIpc) is 3.62. The molecule has 44 heavy (non-hydrogen) atoms. The highest BCUT2D eigenvalue weighted by Crippen LogP contribution is 2.36. The summed E-state index contributed by atoms with van der Waals surface area (Å²) in [4.78, 5) is 30.1. The van der Waals surface area contributed by atoms with Crippen molar-refractivity contribution in [3.8, 4) is 5.75 Å². The van der Waals surface area contributed by atoms with Gasteiger partial charge in [-0.2, -0.15) is 5.10 Å². The summed E-state index contributed by atoms with van der Waals surface area (Å²) in [6.07, 6.45) is 4.94. The largest absolute Gasteiger partial charge is 0.483 e. The number of carbonyl (C=O) groups excluding carboxylic acids is 2. The first kappa shape index (κ1) is 30.8. The van der Waals surface area contributed by atoms with E-state index in [9.17, 15) is 9.59 Å². The molecule has 1 aliphatic heterocycles. The van der Waals surface area contributed by atoms with Gasteiger partial charge in [0.2, 0.25) is 0 Å². The number of hydrogen-bond donors (Lipinski definition) is 1. The fourth-order valence-electron chi connectivity index (χ4n) is 4.17. The smallest absolute Gasteiger partial charge is 0.267 e. The van der Waals surface area contributed by atoms with E-state index < -0.39 is 0 Å². The molecule has 0 aliphatic carbocycles. The minimum Gasteiger partial charge on any atom is -0.483 e. The second kappa shape index (κ2) is 14.2. The van der Waals surface area contributed by atoms with E-state index in [1.807, 2.05) is 86.6 Å². The van der Waals surface area contributed by atoms with Gasteiger partial charge in [-0.3, -0.25) is 14.5 Å². The Hall–Kier alpha value is -4.61. The number of amidine groups is 1. The zero-order valence-corrected chi connectivity index (χ0v) is 26.8. The van der Waals surface area contributed by atoms with Crippen LogP contribution in [0.3, 0.4) is 0 Å². The van der Waals surface area contributed by atoms with Gasteiger partial charge in [-0.1, -0.05) is 45.8 Å². The third kappa shape index (κ3) is 8.06. The summed E-state index contributed by atoms with van der Waals surface area (Å²) in [5.74, 6) is 0.520. The highest BCUT2D eigenvalue weighted by atomic mass is 79.9. The molecule has 4 aromatic rings. The Morgan fingerprint density at radius 2 is 1.86 bits per heavy atom.